The van der Waals surface area contributed by atoms with E-state index in [-0.39, 0.29) is 19.4 Å². The standard InChI is InChI=1S/C9H13F3N2O3/c1-5(6(15)16)4-13-7(17)14-8(2-3-8)9(10,11)12/h5H,2-4H2,1H3,(H,15,16)(H2,13,14,17). The number of hydrogen-bond donors (Lipinski definition) is 3. The zero-order chi connectivity index (χ0) is 13.3. The van der Waals surface area contributed by atoms with E-state index < -0.39 is 29.6 Å². The number of rotatable bonds is 4. The Morgan fingerprint density at radius 1 is 1.41 bits per heavy atom. The second-order valence-corrected chi connectivity index (χ2v) is 4.15. The van der Waals surface area contributed by atoms with Crippen LogP contribution in [0.2, 0.25) is 0 Å². The molecule has 0 spiro atoms. The van der Waals surface area contributed by atoms with E-state index in [1.807, 2.05) is 5.32 Å². The van der Waals surface area contributed by atoms with E-state index in [0.717, 1.165) is 0 Å². The third kappa shape index (κ3) is 3.24. The van der Waals surface area contributed by atoms with Gasteiger partial charge in [-0.3, -0.25) is 4.79 Å². The molecule has 5 nitrogen and oxygen atoms in total. The molecular weight excluding hydrogens is 241 g/mol. The summed E-state index contributed by atoms with van der Waals surface area (Å²) >= 11 is 0. The van der Waals surface area contributed by atoms with Gasteiger partial charge in [0, 0.05) is 6.54 Å². The Hall–Kier alpha value is -1.47. The number of carboxylic acids is 1. The average Bonchev–Trinajstić information content (AvgIpc) is 2.94. The van der Waals surface area contributed by atoms with Gasteiger partial charge in [-0.2, -0.15) is 13.2 Å². The van der Waals surface area contributed by atoms with Gasteiger partial charge in [-0.05, 0) is 12.8 Å². The summed E-state index contributed by atoms with van der Waals surface area (Å²) in [6.07, 6.45) is -4.75. The molecule has 3 N–H and O–H groups in total. The smallest absolute Gasteiger partial charge is 0.411 e. The summed E-state index contributed by atoms with van der Waals surface area (Å²) in [5.74, 6) is -1.97. The predicted octanol–water partition coefficient (Wildman–Crippen LogP) is 1.10. The summed E-state index contributed by atoms with van der Waals surface area (Å²) in [5, 5.41) is 12.5. The molecule has 0 aromatic rings. The number of amides is 2. The van der Waals surface area contributed by atoms with Crippen molar-refractivity contribution in [1.29, 1.82) is 0 Å². The molecule has 0 bridgehead atoms. The van der Waals surface area contributed by atoms with Crippen LogP contribution in [0.3, 0.4) is 0 Å². The van der Waals surface area contributed by atoms with Gasteiger partial charge in [0.1, 0.15) is 5.54 Å². The Morgan fingerprint density at radius 3 is 2.29 bits per heavy atom. The first kappa shape index (κ1) is 13.6. The van der Waals surface area contributed by atoms with Crippen LogP contribution in [-0.4, -0.2) is 35.4 Å². The van der Waals surface area contributed by atoms with Gasteiger partial charge in [0.25, 0.3) is 0 Å². The topological polar surface area (TPSA) is 78.4 Å². The number of nitrogens with one attached hydrogen (secondary N) is 2. The van der Waals surface area contributed by atoms with Gasteiger partial charge < -0.3 is 15.7 Å². The fourth-order valence-electron chi connectivity index (χ4n) is 1.20. The van der Waals surface area contributed by atoms with Crippen molar-refractivity contribution in [1.82, 2.24) is 10.6 Å². The minimum Gasteiger partial charge on any atom is -0.481 e. The van der Waals surface area contributed by atoms with Gasteiger partial charge >= 0.3 is 18.2 Å². The molecule has 2 amide bonds. The molecule has 1 unspecified atom stereocenters. The highest BCUT2D eigenvalue weighted by Crippen LogP contribution is 2.48. The molecule has 0 saturated heterocycles. The molecule has 1 rings (SSSR count). The van der Waals surface area contributed by atoms with Gasteiger partial charge in [-0.25, -0.2) is 4.79 Å². The first-order chi connectivity index (χ1) is 7.68. The van der Waals surface area contributed by atoms with Crippen LogP contribution in [-0.2, 0) is 4.79 Å². The molecule has 0 aromatic heterocycles. The van der Waals surface area contributed by atoms with Crippen LogP contribution >= 0.6 is 0 Å². The van der Waals surface area contributed by atoms with Crippen LogP contribution in [0.1, 0.15) is 19.8 Å². The largest absolute Gasteiger partial charge is 0.481 e. The van der Waals surface area contributed by atoms with Crippen molar-refractivity contribution >= 4 is 12.0 Å². The highest BCUT2D eigenvalue weighted by molar-refractivity contribution is 5.77. The summed E-state index contributed by atoms with van der Waals surface area (Å²) in [4.78, 5) is 21.6. The monoisotopic (exact) mass is 254 g/mol. The number of hydrogen-bond acceptors (Lipinski definition) is 2. The van der Waals surface area contributed by atoms with E-state index >= 15 is 0 Å². The van der Waals surface area contributed by atoms with E-state index in [1.165, 1.54) is 6.92 Å². The van der Waals surface area contributed by atoms with Crippen LogP contribution in [0.5, 0.6) is 0 Å². The number of aliphatic carboxylic acids is 1. The highest BCUT2D eigenvalue weighted by Gasteiger charge is 2.64. The van der Waals surface area contributed by atoms with Gasteiger partial charge in [0.2, 0.25) is 0 Å². The number of carboxylic acid groups (broad SMARTS) is 1. The van der Waals surface area contributed by atoms with E-state index in [9.17, 15) is 22.8 Å². The molecule has 1 fully saturated rings. The summed E-state index contributed by atoms with van der Waals surface area (Å²) in [6.45, 7) is 1.13. The second-order valence-electron chi connectivity index (χ2n) is 4.15. The Balaban J connectivity index is 2.39. The second kappa shape index (κ2) is 4.42. The van der Waals surface area contributed by atoms with Gasteiger partial charge in [-0.1, -0.05) is 6.92 Å². The minimum atomic E-state index is -4.47. The fraction of sp³-hybridized carbons (Fsp3) is 0.778. The number of carbonyl (C=O) groups excluding carboxylic acids is 1. The maximum Gasteiger partial charge on any atom is 0.411 e. The first-order valence-corrected chi connectivity index (χ1v) is 5.03. The van der Waals surface area contributed by atoms with Crippen molar-refractivity contribution < 1.29 is 27.9 Å². The number of halogens is 3. The van der Waals surface area contributed by atoms with Crippen molar-refractivity contribution in [3.05, 3.63) is 0 Å². The third-order valence-electron chi connectivity index (χ3n) is 2.64. The SMILES string of the molecule is CC(CNC(=O)NC1(C(F)(F)F)CC1)C(=O)O. The Labute approximate surface area is 95.4 Å². The van der Waals surface area contributed by atoms with Gasteiger partial charge in [0.05, 0.1) is 5.92 Å². The Kier molecular flexibility index (Phi) is 3.53. The van der Waals surface area contributed by atoms with E-state index in [2.05, 4.69) is 5.32 Å². The maximum atomic E-state index is 12.4. The highest BCUT2D eigenvalue weighted by atomic mass is 19.4. The summed E-state index contributed by atoms with van der Waals surface area (Å²) < 4.78 is 37.3. The fourth-order valence-corrected chi connectivity index (χ4v) is 1.20. The minimum absolute atomic E-state index is 0.140. The van der Waals surface area contributed by atoms with Crippen LogP contribution in [0, 0.1) is 5.92 Å². The molecule has 8 heteroatoms. The summed E-state index contributed by atoms with van der Waals surface area (Å²) in [5.41, 5.74) is -2.12. The molecule has 0 radical (unpaired) electrons. The Morgan fingerprint density at radius 2 is 1.94 bits per heavy atom. The summed E-state index contributed by atoms with van der Waals surface area (Å²) in [6, 6.07) is -0.993. The number of urea groups is 1. The number of carbonyl (C=O) groups is 2. The van der Waals surface area contributed by atoms with E-state index in [0.29, 0.717) is 0 Å². The normalized spacial score (nSPS) is 19.3. The van der Waals surface area contributed by atoms with Crippen molar-refractivity contribution in [2.24, 2.45) is 5.92 Å². The molecule has 1 aliphatic rings. The molecular formula is C9H13F3N2O3. The van der Waals surface area contributed by atoms with Crippen molar-refractivity contribution in [2.45, 2.75) is 31.5 Å². The van der Waals surface area contributed by atoms with E-state index in [4.69, 9.17) is 5.11 Å². The molecule has 0 heterocycles. The first-order valence-electron chi connectivity index (χ1n) is 5.03. The van der Waals surface area contributed by atoms with Crippen LogP contribution in [0.25, 0.3) is 0 Å². The molecule has 1 atom stereocenters. The molecule has 1 aliphatic carbocycles. The maximum absolute atomic E-state index is 12.4. The molecule has 98 valence electrons. The van der Waals surface area contributed by atoms with Crippen molar-refractivity contribution in [2.75, 3.05) is 6.54 Å². The zero-order valence-corrected chi connectivity index (χ0v) is 9.10. The summed E-state index contributed by atoms with van der Waals surface area (Å²) in [7, 11) is 0. The van der Waals surface area contributed by atoms with Crippen LogP contribution in [0.4, 0.5) is 18.0 Å². The predicted molar refractivity (Wildman–Crippen MR) is 51.4 cm³/mol. The molecule has 0 aliphatic heterocycles. The average molecular weight is 254 g/mol. The van der Waals surface area contributed by atoms with Crippen molar-refractivity contribution in [3.8, 4) is 0 Å². The molecule has 17 heavy (non-hydrogen) atoms. The lowest BCUT2D eigenvalue weighted by molar-refractivity contribution is -0.162. The van der Waals surface area contributed by atoms with Gasteiger partial charge in [0.15, 0.2) is 0 Å². The third-order valence-corrected chi connectivity index (χ3v) is 2.64. The quantitative estimate of drug-likeness (QED) is 0.703. The van der Waals surface area contributed by atoms with Gasteiger partial charge in [-0.15, -0.1) is 0 Å². The van der Waals surface area contributed by atoms with Crippen molar-refractivity contribution in [3.63, 3.8) is 0 Å². The lowest BCUT2D eigenvalue weighted by atomic mass is 10.2. The van der Waals surface area contributed by atoms with E-state index in [1.54, 1.807) is 0 Å². The molecule has 0 aromatic carbocycles. The Bertz CT molecular complexity index is 326. The lowest BCUT2D eigenvalue weighted by Gasteiger charge is -2.21. The van der Waals surface area contributed by atoms with Crippen LogP contribution in [0.15, 0.2) is 0 Å². The lowest BCUT2D eigenvalue weighted by Crippen LogP contribution is -2.52. The zero-order valence-electron chi connectivity index (χ0n) is 9.10. The molecule has 1 saturated carbocycles. The number of alkyl halides is 3. The van der Waals surface area contributed by atoms with Crippen LogP contribution < -0.4 is 10.6 Å².